The molecule has 0 fully saturated rings. The largest absolute Gasteiger partial charge is 0.395 e. The van der Waals surface area contributed by atoms with E-state index in [1.807, 2.05) is 72.5 Å². The average Bonchev–Trinajstić information content (AvgIpc) is 2.61. The molecule has 2 atom stereocenters. The Morgan fingerprint density at radius 1 is 1.00 bits per heavy atom. The molecule has 4 nitrogen and oxygen atoms in total. The molecular formula is C19H25NO3. The number of ether oxygens (including phenoxy) is 1. The molecule has 2 N–H and O–H groups in total. The number of anilines is 1. The Kier molecular flexibility index (Phi) is 7.07. The van der Waals surface area contributed by atoms with Crippen molar-refractivity contribution in [2.75, 3.05) is 31.2 Å². The van der Waals surface area contributed by atoms with Crippen molar-refractivity contribution in [3.8, 4) is 0 Å². The molecule has 0 aromatic heterocycles. The Labute approximate surface area is 138 Å². The van der Waals surface area contributed by atoms with Gasteiger partial charge in [0, 0.05) is 18.8 Å². The molecule has 0 amide bonds. The van der Waals surface area contributed by atoms with Crippen LogP contribution in [0.15, 0.2) is 60.7 Å². The summed E-state index contributed by atoms with van der Waals surface area (Å²) in [6, 6.07) is 19.7. The van der Waals surface area contributed by atoms with E-state index in [2.05, 4.69) is 0 Å². The summed E-state index contributed by atoms with van der Waals surface area (Å²) in [6.07, 6.45) is -0.679. The minimum Gasteiger partial charge on any atom is -0.395 e. The van der Waals surface area contributed by atoms with Gasteiger partial charge >= 0.3 is 0 Å². The number of para-hydroxylation sites is 1. The summed E-state index contributed by atoms with van der Waals surface area (Å²) in [5, 5.41) is 19.5. The number of aliphatic hydroxyl groups is 2. The second-order valence-electron chi connectivity index (χ2n) is 5.55. The predicted molar refractivity (Wildman–Crippen MR) is 92.6 cm³/mol. The van der Waals surface area contributed by atoms with Gasteiger partial charge in [0.25, 0.3) is 0 Å². The minimum atomic E-state index is -0.618. The van der Waals surface area contributed by atoms with Gasteiger partial charge in [0.2, 0.25) is 0 Å². The van der Waals surface area contributed by atoms with Crippen LogP contribution in [0.2, 0.25) is 0 Å². The third-order valence-electron chi connectivity index (χ3n) is 3.73. The fourth-order valence-electron chi connectivity index (χ4n) is 2.47. The van der Waals surface area contributed by atoms with Crippen LogP contribution in [0.3, 0.4) is 0 Å². The summed E-state index contributed by atoms with van der Waals surface area (Å²) in [5.41, 5.74) is 2.08. The number of hydrogen-bond acceptors (Lipinski definition) is 4. The smallest absolute Gasteiger partial charge is 0.0948 e. The highest BCUT2D eigenvalue weighted by Gasteiger charge is 2.14. The van der Waals surface area contributed by atoms with E-state index in [-0.39, 0.29) is 19.3 Å². The van der Waals surface area contributed by atoms with Gasteiger partial charge in [-0.15, -0.1) is 0 Å². The zero-order valence-corrected chi connectivity index (χ0v) is 13.5. The lowest BCUT2D eigenvalue weighted by Gasteiger charge is -2.27. The lowest BCUT2D eigenvalue weighted by Crippen LogP contribution is -2.37. The van der Waals surface area contributed by atoms with Gasteiger partial charge in [-0.05, 0) is 24.6 Å². The fourth-order valence-corrected chi connectivity index (χ4v) is 2.47. The highest BCUT2D eigenvalue weighted by molar-refractivity contribution is 5.46. The SMILES string of the molecule is CC(OCC(O)CN(CCO)c1ccccc1)c1ccccc1. The van der Waals surface area contributed by atoms with Crippen LogP contribution in [0.1, 0.15) is 18.6 Å². The fraction of sp³-hybridized carbons (Fsp3) is 0.368. The molecule has 2 unspecified atom stereocenters. The maximum absolute atomic E-state index is 10.3. The molecule has 2 aromatic rings. The van der Waals surface area contributed by atoms with Crippen molar-refractivity contribution in [1.82, 2.24) is 0 Å². The molecule has 0 saturated carbocycles. The lowest BCUT2D eigenvalue weighted by atomic mass is 10.1. The van der Waals surface area contributed by atoms with Crippen LogP contribution in [-0.2, 0) is 4.74 Å². The van der Waals surface area contributed by atoms with Gasteiger partial charge in [-0.2, -0.15) is 0 Å². The first-order valence-electron chi connectivity index (χ1n) is 7.96. The summed E-state index contributed by atoms with van der Waals surface area (Å²) in [7, 11) is 0. The second kappa shape index (κ2) is 9.30. The van der Waals surface area contributed by atoms with E-state index in [1.165, 1.54) is 0 Å². The molecule has 2 aromatic carbocycles. The van der Waals surface area contributed by atoms with Crippen LogP contribution in [0, 0.1) is 0 Å². The van der Waals surface area contributed by atoms with E-state index in [0.29, 0.717) is 13.1 Å². The molecule has 23 heavy (non-hydrogen) atoms. The molecule has 2 rings (SSSR count). The van der Waals surface area contributed by atoms with E-state index >= 15 is 0 Å². The van der Waals surface area contributed by atoms with Crippen LogP contribution in [-0.4, -0.2) is 42.6 Å². The van der Waals surface area contributed by atoms with Gasteiger partial charge in [0.1, 0.15) is 0 Å². The summed E-state index contributed by atoms with van der Waals surface area (Å²) >= 11 is 0. The van der Waals surface area contributed by atoms with Crippen molar-refractivity contribution >= 4 is 5.69 Å². The van der Waals surface area contributed by atoms with E-state index in [4.69, 9.17) is 4.74 Å². The monoisotopic (exact) mass is 315 g/mol. The molecule has 0 saturated heterocycles. The Morgan fingerprint density at radius 2 is 1.61 bits per heavy atom. The first-order valence-corrected chi connectivity index (χ1v) is 7.96. The molecule has 0 aliphatic carbocycles. The van der Waals surface area contributed by atoms with Gasteiger partial charge in [-0.25, -0.2) is 0 Å². The Hall–Kier alpha value is -1.88. The number of rotatable bonds is 9. The topological polar surface area (TPSA) is 52.9 Å². The van der Waals surface area contributed by atoms with Gasteiger partial charge < -0.3 is 19.8 Å². The van der Waals surface area contributed by atoms with Crippen LogP contribution in [0.5, 0.6) is 0 Å². The zero-order valence-electron chi connectivity index (χ0n) is 13.5. The molecule has 124 valence electrons. The van der Waals surface area contributed by atoms with Crippen molar-refractivity contribution in [2.45, 2.75) is 19.1 Å². The molecule has 0 bridgehead atoms. The molecule has 0 heterocycles. The molecular weight excluding hydrogens is 290 g/mol. The molecule has 0 spiro atoms. The molecule has 0 aliphatic rings. The summed E-state index contributed by atoms with van der Waals surface area (Å²) < 4.78 is 5.77. The van der Waals surface area contributed by atoms with Gasteiger partial charge in [-0.1, -0.05) is 48.5 Å². The van der Waals surface area contributed by atoms with Crippen molar-refractivity contribution in [3.63, 3.8) is 0 Å². The van der Waals surface area contributed by atoms with Crippen LogP contribution in [0.25, 0.3) is 0 Å². The third kappa shape index (κ3) is 5.67. The minimum absolute atomic E-state index is 0.0445. The first-order chi connectivity index (χ1) is 11.2. The Morgan fingerprint density at radius 3 is 2.22 bits per heavy atom. The van der Waals surface area contributed by atoms with E-state index < -0.39 is 6.10 Å². The molecule has 4 heteroatoms. The lowest BCUT2D eigenvalue weighted by molar-refractivity contribution is 0.000131. The highest BCUT2D eigenvalue weighted by Crippen LogP contribution is 2.17. The van der Waals surface area contributed by atoms with E-state index in [1.54, 1.807) is 0 Å². The normalized spacial score (nSPS) is 13.5. The Balaban J connectivity index is 1.86. The van der Waals surface area contributed by atoms with E-state index in [0.717, 1.165) is 11.3 Å². The summed E-state index contributed by atoms with van der Waals surface area (Å²) in [4.78, 5) is 1.96. The van der Waals surface area contributed by atoms with Gasteiger partial charge in [0.05, 0.1) is 25.4 Å². The number of benzene rings is 2. The van der Waals surface area contributed by atoms with Crippen molar-refractivity contribution < 1.29 is 14.9 Å². The quantitative estimate of drug-likeness (QED) is 0.747. The zero-order chi connectivity index (χ0) is 16.5. The van der Waals surface area contributed by atoms with Crippen LogP contribution in [0.4, 0.5) is 5.69 Å². The number of aliphatic hydroxyl groups excluding tert-OH is 2. The van der Waals surface area contributed by atoms with Crippen LogP contribution < -0.4 is 4.90 Å². The number of hydrogen-bond donors (Lipinski definition) is 2. The van der Waals surface area contributed by atoms with Crippen molar-refractivity contribution in [3.05, 3.63) is 66.2 Å². The summed E-state index contributed by atoms with van der Waals surface area (Å²) in [6.45, 7) is 3.18. The molecule has 0 aliphatic heterocycles. The highest BCUT2D eigenvalue weighted by atomic mass is 16.5. The van der Waals surface area contributed by atoms with Gasteiger partial charge in [0.15, 0.2) is 0 Å². The van der Waals surface area contributed by atoms with Crippen molar-refractivity contribution in [1.29, 1.82) is 0 Å². The van der Waals surface area contributed by atoms with Crippen LogP contribution >= 0.6 is 0 Å². The number of nitrogens with zero attached hydrogens (tertiary/aromatic N) is 1. The Bertz CT molecular complexity index is 547. The van der Waals surface area contributed by atoms with E-state index in [9.17, 15) is 10.2 Å². The van der Waals surface area contributed by atoms with Crippen molar-refractivity contribution in [2.24, 2.45) is 0 Å². The van der Waals surface area contributed by atoms with Gasteiger partial charge in [-0.3, -0.25) is 0 Å². The third-order valence-corrected chi connectivity index (χ3v) is 3.73. The first kappa shape index (κ1) is 17.5. The second-order valence-corrected chi connectivity index (χ2v) is 5.55. The predicted octanol–water partition coefficient (Wildman–Crippen LogP) is 2.62. The average molecular weight is 315 g/mol. The summed E-state index contributed by atoms with van der Waals surface area (Å²) in [5.74, 6) is 0. The maximum Gasteiger partial charge on any atom is 0.0948 e. The molecule has 0 radical (unpaired) electrons. The maximum atomic E-state index is 10.3. The standard InChI is InChI=1S/C19H25NO3/c1-16(17-8-4-2-5-9-17)23-15-19(22)14-20(12-13-21)18-10-6-3-7-11-18/h2-11,16,19,21-22H,12-15H2,1H3.